The molecule has 0 aliphatic rings. The monoisotopic (exact) mass is 328 g/mol. The molecule has 5 nitrogen and oxygen atoms in total. The lowest BCUT2D eigenvalue weighted by Gasteiger charge is -2.13. The third-order valence-corrected chi connectivity index (χ3v) is 3.87. The lowest BCUT2D eigenvalue weighted by molar-refractivity contribution is 0.0945. The number of nitrogens with one attached hydrogen (secondary N) is 1. The molecule has 2 aromatic heterocycles. The van der Waals surface area contributed by atoms with Crippen molar-refractivity contribution in [2.24, 2.45) is 0 Å². The van der Waals surface area contributed by atoms with Crippen molar-refractivity contribution < 1.29 is 4.79 Å². The van der Waals surface area contributed by atoms with Crippen LogP contribution in [-0.4, -0.2) is 29.4 Å². The van der Waals surface area contributed by atoms with E-state index in [9.17, 15) is 4.79 Å². The Bertz CT molecular complexity index is 839. The van der Waals surface area contributed by atoms with Crippen molar-refractivity contribution >= 4 is 28.8 Å². The number of carbonyl (C=O) groups excluding carboxylic acids is 1. The number of hydrogen-bond acceptors (Lipinski definition) is 3. The van der Waals surface area contributed by atoms with Crippen LogP contribution in [0.15, 0.2) is 48.7 Å². The molecule has 0 fully saturated rings. The van der Waals surface area contributed by atoms with E-state index in [1.54, 1.807) is 10.6 Å². The van der Waals surface area contributed by atoms with E-state index >= 15 is 0 Å². The molecule has 3 rings (SSSR count). The maximum atomic E-state index is 12.4. The number of anilines is 1. The molecule has 0 aliphatic carbocycles. The molecule has 0 bridgehead atoms. The van der Waals surface area contributed by atoms with Gasteiger partial charge in [-0.3, -0.25) is 9.20 Å². The summed E-state index contributed by atoms with van der Waals surface area (Å²) in [7, 11) is 3.98. The molecule has 0 unspecified atom stereocenters. The standard InChI is InChI=1S/C17H17ClN4O/c1-21(2)13-8-6-12(7-9-13)11-19-17(23)15-16(18)20-14-5-3-4-10-22(14)15/h3-10H,11H2,1-2H3,(H,19,23). The van der Waals surface area contributed by atoms with Gasteiger partial charge in [-0.05, 0) is 29.8 Å². The Balaban J connectivity index is 1.75. The molecule has 0 saturated heterocycles. The first-order valence-electron chi connectivity index (χ1n) is 7.23. The number of imidazole rings is 1. The third-order valence-electron chi connectivity index (χ3n) is 3.61. The van der Waals surface area contributed by atoms with Gasteiger partial charge in [0.25, 0.3) is 5.91 Å². The van der Waals surface area contributed by atoms with Gasteiger partial charge in [0.2, 0.25) is 0 Å². The second-order valence-corrected chi connectivity index (χ2v) is 5.78. The second kappa shape index (κ2) is 6.30. The molecule has 0 radical (unpaired) electrons. The van der Waals surface area contributed by atoms with Crippen LogP contribution in [0.5, 0.6) is 0 Å². The number of rotatable bonds is 4. The topological polar surface area (TPSA) is 49.6 Å². The van der Waals surface area contributed by atoms with Crippen LogP contribution in [0.25, 0.3) is 5.65 Å². The quantitative estimate of drug-likeness (QED) is 0.801. The summed E-state index contributed by atoms with van der Waals surface area (Å²) in [4.78, 5) is 18.6. The summed E-state index contributed by atoms with van der Waals surface area (Å²) in [5, 5.41) is 3.09. The van der Waals surface area contributed by atoms with Crippen molar-refractivity contribution in [3.8, 4) is 0 Å². The predicted molar refractivity (Wildman–Crippen MR) is 92.1 cm³/mol. The van der Waals surface area contributed by atoms with Gasteiger partial charge in [0, 0.05) is 32.5 Å². The molecule has 1 N–H and O–H groups in total. The van der Waals surface area contributed by atoms with Crippen molar-refractivity contribution in [3.05, 3.63) is 65.1 Å². The Hall–Kier alpha value is -2.53. The number of amides is 1. The smallest absolute Gasteiger partial charge is 0.271 e. The Labute approximate surface area is 139 Å². The Kier molecular flexibility index (Phi) is 4.21. The molecule has 0 saturated carbocycles. The zero-order chi connectivity index (χ0) is 16.4. The number of nitrogens with zero attached hydrogens (tertiary/aromatic N) is 3. The molecule has 23 heavy (non-hydrogen) atoms. The number of halogens is 1. The first-order valence-corrected chi connectivity index (χ1v) is 7.61. The molecule has 118 valence electrons. The van der Waals surface area contributed by atoms with Gasteiger partial charge < -0.3 is 10.2 Å². The summed E-state index contributed by atoms with van der Waals surface area (Å²) in [5.74, 6) is -0.245. The van der Waals surface area contributed by atoms with E-state index in [0.717, 1.165) is 11.3 Å². The van der Waals surface area contributed by atoms with Gasteiger partial charge in [-0.1, -0.05) is 29.8 Å². The predicted octanol–water partition coefficient (Wildman–Crippen LogP) is 2.98. The molecule has 0 atom stereocenters. The highest BCUT2D eigenvalue weighted by atomic mass is 35.5. The van der Waals surface area contributed by atoms with E-state index < -0.39 is 0 Å². The summed E-state index contributed by atoms with van der Waals surface area (Å²) >= 11 is 6.10. The van der Waals surface area contributed by atoms with E-state index in [1.165, 1.54) is 0 Å². The normalized spacial score (nSPS) is 10.7. The molecule has 0 aliphatic heterocycles. The largest absolute Gasteiger partial charge is 0.378 e. The summed E-state index contributed by atoms with van der Waals surface area (Å²) < 4.78 is 1.69. The van der Waals surface area contributed by atoms with Gasteiger partial charge in [-0.2, -0.15) is 0 Å². The van der Waals surface area contributed by atoms with E-state index in [4.69, 9.17) is 11.6 Å². The summed E-state index contributed by atoms with van der Waals surface area (Å²) in [5.41, 5.74) is 3.14. The maximum absolute atomic E-state index is 12.4. The number of benzene rings is 1. The number of aromatic nitrogens is 2. The van der Waals surface area contributed by atoms with Crippen molar-refractivity contribution in [1.29, 1.82) is 0 Å². The minimum atomic E-state index is -0.245. The van der Waals surface area contributed by atoms with Crippen molar-refractivity contribution in [1.82, 2.24) is 14.7 Å². The Morgan fingerprint density at radius 1 is 1.22 bits per heavy atom. The lowest BCUT2D eigenvalue weighted by atomic mass is 10.2. The fraction of sp³-hybridized carbons (Fsp3) is 0.176. The van der Waals surface area contributed by atoms with Gasteiger partial charge in [0.1, 0.15) is 5.65 Å². The number of fused-ring (bicyclic) bond motifs is 1. The van der Waals surface area contributed by atoms with Crippen LogP contribution in [0.3, 0.4) is 0 Å². The van der Waals surface area contributed by atoms with Gasteiger partial charge in [-0.15, -0.1) is 0 Å². The summed E-state index contributed by atoms with van der Waals surface area (Å²) in [6.07, 6.45) is 1.77. The Morgan fingerprint density at radius 2 is 1.96 bits per heavy atom. The zero-order valence-corrected chi connectivity index (χ0v) is 13.7. The van der Waals surface area contributed by atoms with Crippen LogP contribution in [0.2, 0.25) is 5.15 Å². The van der Waals surface area contributed by atoms with Crippen LogP contribution >= 0.6 is 11.6 Å². The third kappa shape index (κ3) is 3.14. The van der Waals surface area contributed by atoms with Crippen LogP contribution in [0, 0.1) is 0 Å². The van der Waals surface area contributed by atoms with E-state index in [0.29, 0.717) is 17.9 Å². The summed E-state index contributed by atoms with van der Waals surface area (Å²) in [6, 6.07) is 13.5. The summed E-state index contributed by atoms with van der Waals surface area (Å²) in [6.45, 7) is 0.433. The molecule has 1 aromatic carbocycles. The van der Waals surface area contributed by atoms with Crippen molar-refractivity contribution in [3.63, 3.8) is 0 Å². The van der Waals surface area contributed by atoms with Crippen molar-refractivity contribution in [2.45, 2.75) is 6.54 Å². The molecule has 1 amide bonds. The SMILES string of the molecule is CN(C)c1ccc(CNC(=O)c2c(Cl)nc3ccccn23)cc1. The van der Waals surface area contributed by atoms with Gasteiger partial charge in [-0.25, -0.2) is 4.98 Å². The van der Waals surface area contributed by atoms with Gasteiger partial charge in [0.05, 0.1) is 0 Å². The van der Waals surface area contributed by atoms with E-state index in [-0.39, 0.29) is 11.1 Å². The fourth-order valence-corrected chi connectivity index (χ4v) is 2.61. The Morgan fingerprint density at radius 3 is 2.65 bits per heavy atom. The van der Waals surface area contributed by atoms with Crippen LogP contribution < -0.4 is 10.2 Å². The lowest BCUT2D eigenvalue weighted by Crippen LogP contribution is -2.24. The first kappa shape index (κ1) is 15.4. The minimum Gasteiger partial charge on any atom is -0.378 e. The van der Waals surface area contributed by atoms with E-state index in [1.807, 2.05) is 61.5 Å². The minimum absolute atomic E-state index is 0.205. The molecule has 6 heteroatoms. The average Bonchev–Trinajstić information content (AvgIpc) is 2.88. The highest BCUT2D eigenvalue weighted by Crippen LogP contribution is 2.18. The van der Waals surface area contributed by atoms with Gasteiger partial charge in [0.15, 0.2) is 10.8 Å². The number of hydrogen-bond donors (Lipinski definition) is 1. The van der Waals surface area contributed by atoms with Crippen molar-refractivity contribution in [2.75, 3.05) is 19.0 Å². The zero-order valence-electron chi connectivity index (χ0n) is 13.0. The van der Waals surface area contributed by atoms with Gasteiger partial charge >= 0.3 is 0 Å². The molecule has 3 aromatic rings. The molecular formula is C17H17ClN4O. The van der Waals surface area contributed by atoms with Crippen LogP contribution in [0.4, 0.5) is 5.69 Å². The first-order chi connectivity index (χ1) is 11.1. The molecular weight excluding hydrogens is 312 g/mol. The number of pyridine rings is 1. The molecule has 2 heterocycles. The van der Waals surface area contributed by atoms with E-state index in [2.05, 4.69) is 10.3 Å². The average molecular weight is 329 g/mol. The highest BCUT2D eigenvalue weighted by molar-refractivity contribution is 6.32. The highest BCUT2D eigenvalue weighted by Gasteiger charge is 2.17. The van der Waals surface area contributed by atoms with Crippen LogP contribution in [-0.2, 0) is 6.54 Å². The second-order valence-electron chi connectivity index (χ2n) is 5.42. The molecule has 0 spiro atoms. The maximum Gasteiger partial charge on any atom is 0.271 e. The fourth-order valence-electron chi connectivity index (χ4n) is 2.35. The number of carbonyl (C=O) groups is 1. The van der Waals surface area contributed by atoms with Crippen LogP contribution in [0.1, 0.15) is 16.1 Å².